The van der Waals surface area contributed by atoms with Crippen LogP contribution in [0.5, 0.6) is 0 Å². The van der Waals surface area contributed by atoms with Crippen LogP contribution in [0.15, 0.2) is 66.7 Å². The summed E-state index contributed by atoms with van der Waals surface area (Å²) in [5.74, 6) is -0.137. The van der Waals surface area contributed by atoms with Gasteiger partial charge in [-0.15, -0.1) is 11.3 Å². The van der Waals surface area contributed by atoms with E-state index in [4.69, 9.17) is 23.2 Å². The average Bonchev–Trinajstić information content (AvgIpc) is 3.05. The second-order valence-corrected chi connectivity index (χ2v) is 8.52. The summed E-state index contributed by atoms with van der Waals surface area (Å²) in [7, 11) is 0. The fraction of sp³-hybridized carbons (Fsp3) is 0.0870. The van der Waals surface area contributed by atoms with Gasteiger partial charge in [-0.25, -0.2) is 0 Å². The van der Waals surface area contributed by atoms with E-state index in [-0.39, 0.29) is 5.91 Å². The largest absolute Gasteiger partial charge is 0.321 e. The second kappa shape index (κ2) is 7.96. The molecule has 4 rings (SSSR count). The lowest BCUT2D eigenvalue weighted by atomic mass is 10.0. The summed E-state index contributed by atoms with van der Waals surface area (Å²) in [6, 6.07) is 21.6. The molecule has 1 aromatic heterocycles. The zero-order valence-electron chi connectivity index (χ0n) is 15.1. The number of halogens is 2. The molecule has 0 fully saturated rings. The van der Waals surface area contributed by atoms with E-state index in [1.807, 2.05) is 12.1 Å². The van der Waals surface area contributed by atoms with Crippen molar-refractivity contribution in [3.63, 3.8) is 0 Å². The third-order valence-electron chi connectivity index (χ3n) is 4.58. The lowest BCUT2D eigenvalue weighted by molar-refractivity contribution is 0.103. The fourth-order valence-electron chi connectivity index (χ4n) is 3.13. The Morgan fingerprint density at radius 3 is 2.46 bits per heavy atom. The first kappa shape index (κ1) is 19.0. The summed E-state index contributed by atoms with van der Waals surface area (Å²) in [5.41, 5.74) is 4.06. The summed E-state index contributed by atoms with van der Waals surface area (Å²) >= 11 is 13.6. The van der Waals surface area contributed by atoms with Crippen molar-refractivity contribution in [2.75, 3.05) is 5.32 Å². The molecule has 3 aromatic carbocycles. The van der Waals surface area contributed by atoms with Crippen LogP contribution in [0.1, 0.15) is 26.4 Å². The third kappa shape index (κ3) is 3.93. The van der Waals surface area contributed by atoms with Crippen LogP contribution in [-0.2, 0) is 6.42 Å². The van der Waals surface area contributed by atoms with Crippen LogP contribution in [0.25, 0.3) is 10.1 Å². The van der Waals surface area contributed by atoms with Gasteiger partial charge in [0.1, 0.15) is 0 Å². The van der Waals surface area contributed by atoms with Gasteiger partial charge in [-0.3, -0.25) is 4.79 Å². The average molecular weight is 426 g/mol. The highest BCUT2D eigenvalue weighted by Crippen LogP contribution is 2.34. The smallest absolute Gasteiger partial charge is 0.266 e. The van der Waals surface area contributed by atoms with E-state index in [1.54, 1.807) is 18.2 Å². The predicted molar refractivity (Wildman–Crippen MR) is 120 cm³/mol. The van der Waals surface area contributed by atoms with Crippen molar-refractivity contribution in [2.24, 2.45) is 0 Å². The molecule has 140 valence electrons. The number of nitrogens with one attached hydrogen (secondary N) is 1. The Bertz CT molecular complexity index is 1170. The summed E-state index contributed by atoms with van der Waals surface area (Å²) in [4.78, 5) is 13.8. The Morgan fingerprint density at radius 2 is 1.71 bits per heavy atom. The van der Waals surface area contributed by atoms with E-state index in [9.17, 15) is 4.79 Å². The highest BCUT2D eigenvalue weighted by Gasteiger charge is 2.19. The normalized spacial score (nSPS) is 11.0. The monoisotopic (exact) mass is 425 g/mol. The maximum absolute atomic E-state index is 13.1. The molecule has 0 radical (unpaired) electrons. The number of carbonyl (C=O) groups excluding carboxylic acids is 1. The number of rotatable bonds is 4. The maximum Gasteiger partial charge on any atom is 0.266 e. The number of anilines is 1. The van der Waals surface area contributed by atoms with Gasteiger partial charge in [-0.05, 0) is 54.1 Å². The molecule has 0 spiro atoms. The lowest BCUT2D eigenvalue weighted by Gasteiger charge is -2.08. The first-order chi connectivity index (χ1) is 13.5. The van der Waals surface area contributed by atoms with Crippen molar-refractivity contribution in [1.29, 1.82) is 0 Å². The molecule has 1 amide bonds. The molecule has 0 atom stereocenters. The van der Waals surface area contributed by atoms with E-state index in [0.717, 1.165) is 15.6 Å². The van der Waals surface area contributed by atoms with Gasteiger partial charge in [0.05, 0.1) is 14.9 Å². The Kier molecular flexibility index (Phi) is 5.40. The van der Waals surface area contributed by atoms with Crippen molar-refractivity contribution < 1.29 is 4.79 Å². The Balaban J connectivity index is 1.71. The van der Waals surface area contributed by atoms with Crippen molar-refractivity contribution >= 4 is 56.2 Å². The Labute approximate surface area is 177 Å². The van der Waals surface area contributed by atoms with Crippen LogP contribution in [0.2, 0.25) is 10.0 Å². The van der Waals surface area contributed by atoms with Gasteiger partial charge < -0.3 is 5.32 Å². The molecular formula is C23H17Cl2NOS. The van der Waals surface area contributed by atoms with Gasteiger partial charge >= 0.3 is 0 Å². The second-order valence-electron chi connectivity index (χ2n) is 6.65. The molecule has 0 bridgehead atoms. The van der Waals surface area contributed by atoms with Gasteiger partial charge in [0.25, 0.3) is 5.91 Å². The number of carbonyl (C=O) groups is 1. The standard InChI is InChI=1S/C23H17Cl2NOS/c1-14-6-8-15(9-7-14)12-18-17-4-2-3-5-21(17)28-22(18)23(27)26-16-10-11-19(24)20(25)13-16/h2-11,13H,12H2,1H3,(H,26,27). The van der Waals surface area contributed by atoms with Crippen molar-refractivity contribution in [3.8, 4) is 0 Å². The SMILES string of the molecule is Cc1ccc(Cc2c(C(=O)Nc3ccc(Cl)c(Cl)c3)sc3ccccc23)cc1. The van der Waals surface area contributed by atoms with Crippen LogP contribution in [0.4, 0.5) is 5.69 Å². The number of thiophene rings is 1. The number of fused-ring (bicyclic) bond motifs is 1. The number of benzene rings is 3. The lowest BCUT2D eigenvalue weighted by Crippen LogP contribution is -2.12. The molecule has 1 heterocycles. The molecule has 0 aliphatic rings. The molecule has 0 aliphatic carbocycles. The van der Waals surface area contributed by atoms with E-state index in [1.165, 1.54) is 22.5 Å². The minimum atomic E-state index is -0.137. The van der Waals surface area contributed by atoms with Crippen molar-refractivity contribution in [1.82, 2.24) is 0 Å². The zero-order valence-corrected chi connectivity index (χ0v) is 17.5. The van der Waals surface area contributed by atoms with Gasteiger partial charge in [-0.1, -0.05) is 71.2 Å². The van der Waals surface area contributed by atoms with E-state index in [0.29, 0.717) is 27.0 Å². The van der Waals surface area contributed by atoms with Crippen LogP contribution in [-0.4, -0.2) is 5.91 Å². The van der Waals surface area contributed by atoms with Crippen LogP contribution in [0, 0.1) is 6.92 Å². The maximum atomic E-state index is 13.1. The molecule has 1 N–H and O–H groups in total. The van der Waals surface area contributed by atoms with Gasteiger partial charge in [0.2, 0.25) is 0 Å². The summed E-state index contributed by atoms with van der Waals surface area (Å²) in [5, 5.41) is 4.94. The predicted octanol–water partition coefficient (Wildman–Crippen LogP) is 7.36. The summed E-state index contributed by atoms with van der Waals surface area (Å²) in [6.07, 6.45) is 0.703. The molecule has 28 heavy (non-hydrogen) atoms. The molecule has 5 heteroatoms. The minimum absolute atomic E-state index is 0.137. The van der Waals surface area contributed by atoms with Crippen molar-refractivity contribution in [2.45, 2.75) is 13.3 Å². The van der Waals surface area contributed by atoms with Crippen LogP contribution in [0.3, 0.4) is 0 Å². The third-order valence-corrected chi connectivity index (χ3v) is 6.53. The summed E-state index contributed by atoms with van der Waals surface area (Å²) < 4.78 is 1.10. The van der Waals surface area contributed by atoms with Crippen LogP contribution < -0.4 is 5.32 Å². The zero-order chi connectivity index (χ0) is 19.7. The molecule has 4 aromatic rings. The highest BCUT2D eigenvalue weighted by molar-refractivity contribution is 7.21. The fourth-order valence-corrected chi connectivity index (χ4v) is 4.54. The first-order valence-electron chi connectivity index (χ1n) is 8.83. The molecule has 0 unspecified atom stereocenters. The Morgan fingerprint density at radius 1 is 0.964 bits per heavy atom. The topological polar surface area (TPSA) is 29.1 Å². The number of hydrogen-bond acceptors (Lipinski definition) is 2. The quantitative estimate of drug-likeness (QED) is 0.363. The van der Waals surface area contributed by atoms with E-state index < -0.39 is 0 Å². The van der Waals surface area contributed by atoms with Crippen molar-refractivity contribution in [3.05, 3.63) is 98.3 Å². The molecular weight excluding hydrogens is 409 g/mol. The van der Waals surface area contributed by atoms with E-state index in [2.05, 4.69) is 48.6 Å². The Hall–Kier alpha value is -2.33. The molecule has 0 saturated heterocycles. The molecule has 0 saturated carbocycles. The van der Waals surface area contributed by atoms with Crippen LogP contribution >= 0.6 is 34.5 Å². The number of aryl methyl sites for hydroxylation is 1. The highest BCUT2D eigenvalue weighted by atomic mass is 35.5. The van der Waals surface area contributed by atoms with E-state index >= 15 is 0 Å². The van der Waals surface area contributed by atoms with Gasteiger partial charge in [-0.2, -0.15) is 0 Å². The first-order valence-corrected chi connectivity index (χ1v) is 10.4. The minimum Gasteiger partial charge on any atom is -0.321 e. The summed E-state index contributed by atoms with van der Waals surface area (Å²) in [6.45, 7) is 2.07. The number of hydrogen-bond donors (Lipinski definition) is 1. The molecule has 0 aliphatic heterocycles. The van der Waals surface area contributed by atoms with Gasteiger partial charge in [0, 0.05) is 10.4 Å². The van der Waals surface area contributed by atoms with Gasteiger partial charge in [0.15, 0.2) is 0 Å². The molecule has 2 nitrogen and oxygen atoms in total. The number of amides is 1.